The maximum atomic E-state index is 9.07. The SMILES string of the molecule is [2H]C1(c2ccc3c(c2)sc2c(-c4cc(C([2H])([2H])C5CCCCC5)ccn4)cccc23)CCCCC1. The molecule has 2 aromatic heterocycles. The molecule has 0 bridgehead atoms. The van der Waals surface area contributed by atoms with Crippen molar-refractivity contribution in [3.05, 3.63) is 65.9 Å². The normalized spacial score (nSPS) is 21.3. The van der Waals surface area contributed by atoms with Gasteiger partial charge in [0.05, 0.1) is 5.69 Å². The van der Waals surface area contributed by atoms with Crippen molar-refractivity contribution < 1.29 is 4.11 Å². The Kier molecular flexibility index (Phi) is 4.86. The van der Waals surface area contributed by atoms with Crippen LogP contribution in [0.4, 0.5) is 0 Å². The van der Waals surface area contributed by atoms with Gasteiger partial charge in [0.2, 0.25) is 0 Å². The molecule has 0 aliphatic heterocycles. The molecule has 0 N–H and O–H groups in total. The Morgan fingerprint density at radius 3 is 2.53 bits per heavy atom. The van der Waals surface area contributed by atoms with Crippen molar-refractivity contribution in [2.45, 2.75) is 76.5 Å². The molecule has 0 spiro atoms. The Bertz CT molecular complexity index is 1360. The number of fused-ring (bicyclic) bond motifs is 3. The van der Waals surface area contributed by atoms with Crippen LogP contribution >= 0.6 is 11.3 Å². The molecule has 164 valence electrons. The van der Waals surface area contributed by atoms with Gasteiger partial charge in [-0.1, -0.05) is 81.7 Å². The lowest BCUT2D eigenvalue weighted by molar-refractivity contribution is 0.356. The molecule has 2 aromatic carbocycles. The van der Waals surface area contributed by atoms with Gasteiger partial charge >= 0.3 is 0 Å². The lowest BCUT2D eigenvalue weighted by atomic mass is 9.84. The van der Waals surface area contributed by atoms with Crippen molar-refractivity contribution in [2.24, 2.45) is 5.92 Å². The summed E-state index contributed by atoms with van der Waals surface area (Å²) in [6.07, 6.45) is 11.3. The zero-order valence-corrected chi connectivity index (χ0v) is 19.5. The molecule has 2 saturated carbocycles. The second kappa shape index (κ2) is 8.98. The van der Waals surface area contributed by atoms with Gasteiger partial charge in [0, 0.05) is 36.0 Å². The first kappa shape index (κ1) is 17.3. The maximum Gasteiger partial charge on any atom is 0.0719 e. The fraction of sp³-hybridized carbons (Fsp3) is 0.433. The summed E-state index contributed by atoms with van der Waals surface area (Å²) >= 11 is 1.78. The third-order valence-corrected chi connectivity index (χ3v) is 8.58. The average molecular weight is 443 g/mol. The van der Waals surface area contributed by atoms with Crippen LogP contribution < -0.4 is 0 Å². The number of aromatic nitrogens is 1. The summed E-state index contributed by atoms with van der Waals surface area (Å²) in [5.74, 6) is -0.367. The minimum atomic E-state index is -1.33. The van der Waals surface area contributed by atoms with Gasteiger partial charge in [-0.25, -0.2) is 0 Å². The smallest absolute Gasteiger partial charge is 0.0719 e. The lowest BCUT2D eigenvalue weighted by Gasteiger charge is -2.21. The van der Waals surface area contributed by atoms with Crippen molar-refractivity contribution >= 4 is 31.5 Å². The second-order valence-electron chi connectivity index (χ2n) is 9.57. The minimum Gasteiger partial charge on any atom is -0.256 e. The molecule has 0 atom stereocenters. The summed E-state index contributed by atoms with van der Waals surface area (Å²) in [7, 11) is 0. The fourth-order valence-electron chi connectivity index (χ4n) is 5.64. The summed E-state index contributed by atoms with van der Waals surface area (Å²) < 4.78 is 29.4. The number of thiophene rings is 1. The Hall–Kier alpha value is -2.19. The molecule has 2 aliphatic rings. The fourth-order valence-corrected chi connectivity index (χ4v) is 6.90. The number of benzene rings is 2. The quantitative estimate of drug-likeness (QED) is 0.307. The zero-order chi connectivity index (χ0) is 24.0. The molecule has 32 heavy (non-hydrogen) atoms. The molecular weight excluding hydrogens is 406 g/mol. The standard InChI is InChI=1S/C30H33NS/c1-3-8-21(9-4-1)18-22-16-17-31-28(19-22)27-13-7-12-26-25-15-14-24(20-29(25)32-30(26)27)23-10-5-2-6-11-23/h7,12-17,19-21,23H,1-6,8-11,18H2/i18D2,23D. The van der Waals surface area contributed by atoms with Gasteiger partial charge in [0.25, 0.3) is 0 Å². The Morgan fingerprint density at radius 1 is 0.875 bits per heavy atom. The average Bonchev–Trinajstić information content (AvgIpc) is 3.28. The molecule has 1 nitrogen and oxygen atoms in total. The van der Waals surface area contributed by atoms with Crippen LogP contribution in [-0.4, -0.2) is 4.98 Å². The van der Waals surface area contributed by atoms with Crippen LogP contribution in [0.3, 0.4) is 0 Å². The van der Waals surface area contributed by atoms with Crippen molar-refractivity contribution in [1.82, 2.24) is 4.98 Å². The van der Waals surface area contributed by atoms with Gasteiger partial charge in [0.15, 0.2) is 0 Å². The number of pyridine rings is 1. The van der Waals surface area contributed by atoms with Gasteiger partial charge in [0.1, 0.15) is 0 Å². The largest absolute Gasteiger partial charge is 0.256 e. The van der Waals surface area contributed by atoms with E-state index in [4.69, 9.17) is 9.10 Å². The number of rotatable bonds is 4. The molecule has 2 heteroatoms. The van der Waals surface area contributed by atoms with E-state index < -0.39 is 12.3 Å². The highest BCUT2D eigenvalue weighted by atomic mass is 32.1. The molecule has 2 fully saturated rings. The molecule has 0 unspecified atom stereocenters. The van der Waals surface area contributed by atoms with E-state index in [9.17, 15) is 0 Å². The summed E-state index contributed by atoms with van der Waals surface area (Å²) in [6, 6.07) is 16.9. The summed E-state index contributed by atoms with van der Waals surface area (Å²) in [5.41, 5.74) is 3.83. The molecular formula is C30H33NS. The van der Waals surface area contributed by atoms with E-state index in [1.807, 2.05) is 12.1 Å². The molecule has 0 radical (unpaired) electrons. The first-order valence-electron chi connectivity index (χ1n) is 13.9. The molecule has 0 saturated heterocycles. The van der Waals surface area contributed by atoms with E-state index in [1.54, 1.807) is 17.5 Å². The highest BCUT2D eigenvalue weighted by Crippen LogP contribution is 2.42. The van der Waals surface area contributed by atoms with Gasteiger partial charge in [-0.05, 0) is 60.4 Å². The monoisotopic (exact) mass is 442 g/mol. The van der Waals surface area contributed by atoms with Gasteiger partial charge in [-0.15, -0.1) is 11.3 Å². The highest BCUT2D eigenvalue weighted by molar-refractivity contribution is 7.26. The molecule has 4 aromatic rings. The number of hydrogen-bond donors (Lipinski definition) is 0. The van der Waals surface area contributed by atoms with Crippen LogP contribution in [0.15, 0.2) is 54.7 Å². The van der Waals surface area contributed by atoms with E-state index in [2.05, 4.69) is 36.4 Å². The van der Waals surface area contributed by atoms with Crippen LogP contribution in [0.1, 0.15) is 85.3 Å². The third-order valence-electron chi connectivity index (χ3n) is 7.38. The van der Waals surface area contributed by atoms with Crippen molar-refractivity contribution in [1.29, 1.82) is 0 Å². The van der Waals surface area contributed by atoms with E-state index in [0.717, 1.165) is 73.8 Å². The van der Waals surface area contributed by atoms with Gasteiger partial charge < -0.3 is 0 Å². The van der Waals surface area contributed by atoms with E-state index in [-0.39, 0.29) is 5.92 Å². The molecule has 2 aliphatic carbocycles. The number of nitrogens with zero attached hydrogens (tertiary/aromatic N) is 1. The third kappa shape index (κ3) is 3.99. The van der Waals surface area contributed by atoms with Crippen molar-refractivity contribution in [2.75, 3.05) is 0 Å². The second-order valence-corrected chi connectivity index (χ2v) is 10.6. The first-order chi connectivity index (χ1) is 17.0. The van der Waals surface area contributed by atoms with Crippen LogP contribution in [0, 0.1) is 5.92 Å². The summed E-state index contributed by atoms with van der Waals surface area (Å²) in [4.78, 5) is 4.70. The Labute approximate surface area is 200 Å². The Balaban J connectivity index is 1.42. The number of hydrogen-bond acceptors (Lipinski definition) is 2. The van der Waals surface area contributed by atoms with E-state index in [0.29, 0.717) is 0 Å². The minimum absolute atomic E-state index is 0.0852. The van der Waals surface area contributed by atoms with Crippen molar-refractivity contribution in [3.8, 4) is 11.3 Å². The van der Waals surface area contributed by atoms with Gasteiger partial charge in [-0.2, -0.15) is 0 Å². The predicted octanol–water partition coefficient (Wildman–Crippen LogP) is 9.29. The molecule has 0 amide bonds. The Morgan fingerprint density at radius 2 is 1.69 bits per heavy atom. The van der Waals surface area contributed by atoms with E-state index in [1.165, 1.54) is 33.0 Å². The van der Waals surface area contributed by atoms with Crippen LogP contribution in [0.25, 0.3) is 31.4 Å². The maximum absolute atomic E-state index is 9.07. The molecule has 2 heterocycles. The highest BCUT2D eigenvalue weighted by Gasteiger charge is 2.18. The lowest BCUT2D eigenvalue weighted by Crippen LogP contribution is -2.09. The van der Waals surface area contributed by atoms with Gasteiger partial charge in [-0.3, -0.25) is 4.98 Å². The molecule has 6 rings (SSSR count). The predicted molar refractivity (Wildman–Crippen MR) is 139 cm³/mol. The summed E-state index contributed by atoms with van der Waals surface area (Å²) in [5, 5.41) is 2.46. The van der Waals surface area contributed by atoms with Crippen LogP contribution in [0.2, 0.25) is 0 Å². The van der Waals surface area contributed by atoms with Crippen LogP contribution in [0.5, 0.6) is 0 Å². The topological polar surface area (TPSA) is 12.9 Å². The van der Waals surface area contributed by atoms with Crippen LogP contribution in [-0.2, 0) is 6.37 Å². The zero-order valence-electron chi connectivity index (χ0n) is 21.7. The summed E-state index contributed by atoms with van der Waals surface area (Å²) in [6.45, 7) is 0. The first-order valence-corrected chi connectivity index (χ1v) is 13.2. The van der Waals surface area contributed by atoms with E-state index >= 15 is 0 Å². The van der Waals surface area contributed by atoms with Crippen molar-refractivity contribution in [3.63, 3.8) is 0 Å².